The molecule has 0 bridgehead atoms. The van der Waals surface area contributed by atoms with Gasteiger partial charge in [0.05, 0.1) is 22.0 Å². The summed E-state index contributed by atoms with van der Waals surface area (Å²) >= 11 is 1.37. The van der Waals surface area contributed by atoms with Crippen LogP contribution in [0.5, 0.6) is 0 Å². The number of ether oxygens (including phenoxy) is 1. The van der Waals surface area contributed by atoms with Gasteiger partial charge in [0.2, 0.25) is 0 Å². The van der Waals surface area contributed by atoms with E-state index in [0.29, 0.717) is 17.8 Å². The number of aliphatic hydroxyl groups is 1. The Morgan fingerprint density at radius 2 is 2.35 bits per heavy atom. The van der Waals surface area contributed by atoms with Gasteiger partial charge in [-0.1, -0.05) is 11.8 Å². The second kappa shape index (κ2) is 6.89. The predicted octanol–water partition coefficient (Wildman–Crippen LogP) is 1.78. The molecule has 1 amide bonds. The van der Waals surface area contributed by atoms with Crippen molar-refractivity contribution in [2.24, 2.45) is 0 Å². The number of carbonyl (C=O) groups excluding carboxylic acids is 1. The van der Waals surface area contributed by atoms with Gasteiger partial charge in [0.25, 0.3) is 5.91 Å². The Balaban J connectivity index is 1.88. The molecule has 4 nitrogen and oxygen atoms in total. The van der Waals surface area contributed by atoms with Crippen LogP contribution in [-0.4, -0.2) is 36.9 Å². The van der Waals surface area contributed by atoms with E-state index >= 15 is 0 Å². The molecule has 1 heterocycles. The molecule has 1 saturated carbocycles. The summed E-state index contributed by atoms with van der Waals surface area (Å²) in [5.41, 5.74) is -0.156. The van der Waals surface area contributed by atoms with Crippen molar-refractivity contribution in [3.63, 3.8) is 0 Å². The first-order chi connectivity index (χ1) is 9.69. The summed E-state index contributed by atoms with van der Waals surface area (Å²) in [6.45, 7) is 0.622. The van der Waals surface area contributed by atoms with Gasteiger partial charge in [-0.25, -0.2) is 0 Å². The lowest BCUT2D eigenvalue weighted by molar-refractivity contribution is -0.0679. The minimum absolute atomic E-state index is 0.0603. The maximum absolute atomic E-state index is 12.0. The molecule has 2 rings (SSSR count). The summed E-state index contributed by atoms with van der Waals surface area (Å²) in [6.07, 6.45) is 3.63. The fourth-order valence-electron chi connectivity index (χ4n) is 2.09. The molecule has 108 valence electrons. The number of hydrogen-bond donors (Lipinski definition) is 2. The van der Waals surface area contributed by atoms with Crippen LogP contribution < -0.4 is 5.32 Å². The van der Waals surface area contributed by atoms with Gasteiger partial charge in [-0.15, -0.1) is 11.3 Å². The van der Waals surface area contributed by atoms with Crippen molar-refractivity contribution in [3.05, 3.63) is 21.9 Å². The van der Waals surface area contributed by atoms with Crippen LogP contribution in [0.4, 0.5) is 0 Å². The second-order valence-corrected chi connectivity index (χ2v) is 5.95. The van der Waals surface area contributed by atoms with Crippen LogP contribution in [0, 0.1) is 11.8 Å². The number of methoxy groups -OCH3 is 1. The van der Waals surface area contributed by atoms with Crippen molar-refractivity contribution in [1.82, 2.24) is 5.32 Å². The van der Waals surface area contributed by atoms with Gasteiger partial charge in [-0.3, -0.25) is 4.79 Å². The zero-order valence-corrected chi connectivity index (χ0v) is 12.4. The molecule has 0 aromatic carbocycles. The van der Waals surface area contributed by atoms with E-state index in [1.807, 2.05) is 6.07 Å². The Hall–Kier alpha value is -1.35. The van der Waals surface area contributed by atoms with E-state index in [0.717, 1.165) is 24.1 Å². The largest absolute Gasteiger partial charge is 0.395 e. The van der Waals surface area contributed by atoms with Crippen LogP contribution in [0.3, 0.4) is 0 Å². The normalized spacial score (nSPS) is 15.9. The molecule has 1 aromatic heterocycles. The summed E-state index contributed by atoms with van der Waals surface area (Å²) in [4.78, 5) is 13.5. The molecule has 0 atom stereocenters. The predicted molar refractivity (Wildman–Crippen MR) is 78.8 cm³/mol. The number of nitrogens with one attached hydrogen (secondary N) is 1. The third kappa shape index (κ3) is 3.60. The van der Waals surface area contributed by atoms with Crippen LogP contribution in [-0.2, 0) is 4.74 Å². The van der Waals surface area contributed by atoms with Gasteiger partial charge in [0.15, 0.2) is 0 Å². The van der Waals surface area contributed by atoms with Gasteiger partial charge in [0.1, 0.15) is 0 Å². The highest BCUT2D eigenvalue weighted by Crippen LogP contribution is 2.34. The molecule has 20 heavy (non-hydrogen) atoms. The smallest absolute Gasteiger partial charge is 0.261 e. The highest BCUT2D eigenvalue weighted by atomic mass is 32.1. The first-order valence-electron chi connectivity index (χ1n) is 6.72. The highest BCUT2D eigenvalue weighted by molar-refractivity contribution is 7.14. The maximum atomic E-state index is 12.0. The Labute approximate surface area is 123 Å². The summed E-state index contributed by atoms with van der Waals surface area (Å²) in [6, 6.07) is 3.61. The number of aliphatic hydroxyl groups excluding tert-OH is 1. The molecule has 0 spiro atoms. The van der Waals surface area contributed by atoms with Gasteiger partial charge >= 0.3 is 0 Å². The van der Waals surface area contributed by atoms with Gasteiger partial charge in [-0.2, -0.15) is 0 Å². The van der Waals surface area contributed by atoms with Crippen LogP contribution >= 0.6 is 11.3 Å². The van der Waals surface area contributed by atoms with Crippen LogP contribution in [0.1, 0.15) is 40.2 Å². The lowest BCUT2D eigenvalue weighted by Crippen LogP contribution is -2.49. The van der Waals surface area contributed by atoms with E-state index in [1.54, 1.807) is 13.2 Å². The van der Waals surface area contributed by atoms with Crippen molar-refractivity contribution < 1.29 is 14.6 Å². The summed E-state index contributed by atoms with van der Waals surface area (Å²) in [7, 11) is 1.70. The van der Waals surface area contributed by atoms with Crippen LogP contribution in [0.2, 0.25) is 0 Å². The van der Waals surface area contributed by atoms with Crippen molar-refractivity contribution in [3.8, 4) is 11.8 Å². The van der Waals surface area contributed by atoms with E-state index in [4.69, 9.17) is 9.84 Å². The van der Waals surface area contributed by atoms with Crippen LogP contribution in [0.15, 0.2) is 12.1 Å². The number of amides is 1. The second-order valence-electron chi connectivity index (χ2n) is 4.86. The van der Waals surface area contributed by atoms with Crippen molar-refractivity contribution in [2.45, 2.75) is 31.3 Å². The van der Waals surface area contributed by atoms with Crippen molar-refractivity contribution in [2.75, 3.05) is 20.3 Å². The molecule has 2 N–H and O–H groups in total. The fourth-order valence-corrected chi connectivity index (χ4v) is 2.88. The van der Waals surface area contributed by atoms with Gasteiger partial charge < -0.3 is 15.2 Å². The van der Waals surface area contributed by atoms with Gasteiger partial charge in [0, 0.05) is 20.1 Å². The molecule has 0 radical (unpaired) electrons. The lowest BCUT2D eigenvalue weighted by Gasteiger charge is -2.40. The molecule has 0 saturated heterocycles. The van der Waals surface area contributed by atoms with Crippen molar-refractivity contribution >= 4 is 17.2 Å². The maximum Gasteiger partial charge on any atom is 0.261 e. The molecule has 1 aromatic rings. The third-order valence-electron chi connectivity index (χ3n) is 3.55. The molecule has 5 heteroatoms. The zero-order chi connectivity index (χ0) is 14.4. The zero-order valence-electron chi connectivity index (χ0n) is 11.6. The van der Waals surface area contributed by atoms with Crippen LogP contribution in [0.25, 0.3) is 0 Å². The average Bonchev–Trinajstić information content (AvgIpc) is 2.87. The molecule has 1 aliphatic rings. The van der Waals surface area contributed by atoms with E-state index in [-0.39, 0.29) is 18.1 Å². The molecular weight excluding hydrogens is 274 g/mol. The van der Waals surface area contributed by atoms with E-state index < -0.39 is 0 Å². The van der Waals surface area contributed by atoms with Crippen molar-refractivity contribution in [1.29, 1.82) is 0 Å². The molecule has 1 fully saturated rings. The summed E-state index contributed by atoms with van der Waals surface area (Å²) in [5.74, 6) is 5.70. The quantitative estimate of drug-likeness (QED) is 0.814. The number of hydrogen-bond acceptors (Lipinski definition) is 4. The molecule has 0 unspecified atom stereocenters. The standard InChI is InChI=1S/C15H19NO3S/c1-19-15(8-4-9-15)11-16-14(18)13-7-6-12(20-13)5-2-3-10-17/h6-7,17H,3-4,8-11H2,1H3,(H,16,18). The monoisotopic (exact) mass is 293 g/mol. The molecular formula is C15H19NO3S. The first-order valence-corrected chi connectivity index (χ1v) is 7.54. The number of rotatable bonds is 5. The minimum Gasteiger partial charge on any atom is -0.395 e. The topological polar surface area (TPSA) is 58.6 Å². The Kier molecular flexibility index (Phi) is 5.18. The SMILES string of the molecule is COC1(CNC(=O)c2ccc(C#CCCO)s2)CCC1. The lowest BCUT2D eigenvalue weighted by atomic mass is 9.80. The van der Waals surface area contributed by atoms with Gasteiger partial charge in [-0.05, 0) is 31.4 Å². The minimum atomic E-state index is -0.156. The Morgan fingerprint density at radius 1 is 1.55 bits per heavy atom. The Bertz CT molecular complexity index is 517. The molecule has 0 aliphatic heterocycles. The average molecular weight is 293 g/mol. The number of thiophene rings is 1. The van der Waals surface area contributed by atoms with E-state index in [2.05, 4.69) is 17.2 Å². The summed E-state index contributed by atoms with van der Waals surface area (Å²) < 4.78 is 5.47. The molecule has 1 aliphatic carbocycles. The van der Waals surface area contributed by atoms with E-state index in [9.17, 15) is 4.79 Å². The number of carbonyl (C=O) groups is 1. The highest BCUT2D eigenvalue weighted by Gasteiger charge is 2.37. The fraction of sp³-hybridized carbons (Fsp3) is 0.533. The van der Waals surface area contributed by atoms with E-state index in [1.165, 1.54) is 11.3 Å². The summed E-state index contributed by atoms with van der Waals surface area (Å²) in [5, 5.41) is 11.6. The Morgan fingerprint density at radius 3 is 2.95 bits per heavy atom. The third-order valence-corrected chi connectivity index (χ3v) is 4.55. The first kappa shape index (κ1) is 15.0.